The lowest BCUT2D eigenvalue weighted by atomic mass is 10.1. The highest BCUT2D eigenvalue weighted by atomic mass is 32.2. The number of rotatable bonds is 5. The van der Waals surface area contributed by atoms with Crippen molar-refractivity contribution >= 4 is 15.7 Å². The van der Waals surface area contributed by atoms with E-state index in [4.69, 9.17) is 0 Å². The van der Waals surface area contributed by atoms with E-state index in [1.54, 1.807) is 18.2 Å². The first kappa shape index (κ1) is 15.3. The monoisotopic (exact) mass is 298 g/mol. The number of hydrogen-bond donors (Lipinski definition) is 2. The van der Waals surface area contributed by atoms with E-state index in [0.29, 0.717) is 30.0 Å². The van der Waals surface area contributed by atoms with Gasteiger partial charge in [0.1, 0.15) is 4.90 Å². The molecule has 0 amide bonds. The van der Waals surface area contributed by atoms with Crippen molar-refractivity contribution < 1.29 is 13.5 Å². The van der Waals surface area contributed by atoms with E-state index < -0.39 is 16.1 Å². The van der Waals surface area contributed by atoms with Crippen molar-refractivity contribution in [2.24, 2.45) is 0 Å². The Morgan fingerprint density at radius 3 is 2.85 bits per heavy atom. The van der Waals surface area contributed by atoms with Crippen molar-refractivity contribution in [2.45, 2.75) is 37.2 Å². The molecule has 0 bridgehead atoms. The topological polar surface area (TPSA) is 69.6 Å². The van der Waals surface area contributed by atoms with Gasteiger partial charge in [0.05, 0.1) is 11.8 Å². The summed E-state index contributed by atoms with van der Waals surface area (Å²) in [6, 6.07) is 6.95. The Bertz CT molecular complexity index is 545. The number of para-hydroxylation sites is 1. The molecule has 1 fully saturated rings. The highest BCUT2D eigenvalue weighted by Gasteiger charge is 2.30. The first-order valence-electron chi connectivity index (χ1n) is 7.07. The summed E-state index contributed by atoms with van der Waals surface area (Å²) in [6.45, 7) is 3.42. The minimum Gasteiger partial charge on any atom is -0.392 e. The van der Waals surface area contributed by atoms with E-state index in [9.17, 15) is 13.5 Å². The zero-order chi connectivity index (χ0) is 14.6. The maximum Gasteiger partial charge on any atom is 0.245 e. The van der Waals surface area contributed by atoms with E-state index >= 15 is 0 Å². The van der Waals surface area contributed by atoms with Gasteiger partial charge in [-0.1, -0.05) is 19.1 Å². The molecule has 0 radical (unpaired) electrons. The Balaban J connectivity index is 2.29. The minimum atomic E-state index is -3.55. The molecule has 20 heavy (non-hydrogen) atoms. The molecule has 1 aliphatic heterocycles. The van der Waals surface area contributed by atoms with Gasteiger partial charge < -0.3 is 10.4 Å². The number of sulfonamides is 1. The lowest BCUT2D eigenvalue weighted by Crippen LogP contribution is -2.42. The smallest absolute Gasteiger partial charge is 0.245 e. The number of β-amino-alcohol motifs (C(OH)–C–C–N with tert-alkyl or cyclic N) is 1. The van der Waals surface area contributed by atoms with Crippen LogP contribution in [0, 0.1) is 0 Å². The van der Waals surface area contributed by atoms with Gasteiger partial charge in [-0.2, -0.15) is 4.31 Å². The van der Waals surface area contributed by atoms with Crippen molar-refractivity contribution in [3.63, 3.8) is 0 Å². The molecule has 0 saturated carbocycles. The summed E-state index contributed by atoms with van der Waals surface area (Å²) in [5.41, 5.74) is 0.634. The summed E-state index contributed by atoms with van der Waals surface area (Å²) in [7, 11) is -3.55. The third kappa shape index (κ3) is 3.31. The Morgan fingerprint density at radius 2 is 2.15 bits per heavy atom. The van der Waals surface area contributed by atoms with Crippen LogP contribution in [0.1, 0.15) is 26.2 Å². The second-order valence-electron chi connectivity index (χ2n) is 5.08. The predicted molar refractivity (Wildman–Crippen MR) is 79.2 cm³/mol. The van der Waals surface area contributed by atoms with Crippen LogP contribution in [0.15, 0.2) is 29.2 Å². The fourth-order valence-corrected chi connectivity index (χ4v) is 4.06. The Labute approximate surface area is 120 Å². The van der Waals surface area contributed by atoms with Crippen molar-refractivity contribution in [2.75, 3.05) is 25.0 Å². The fraction of sp³-hybridized carbons (Fsp3) is 0.571. The third-order valence-corrected chi connectivity index (χ3v) is 5.35. The summed E-state index contributed by atoms with van der Waals surface area (Å²) in [4.78, 5) is 0.294. The maximum atomic E-state index is 12.7. The summed E-state index contributed by atoms with van der Waals surface area (Å²) in [5.74, 6) is 0. The summed E-state index contributed by atoms with van der Waals surface area (Å²) >= 11 is 0. The number of anilines is 1. The number of aliphatic hydroxyl groups is 1. The van der Waals surface area contributed by atoms with Gasteiger partial charge in [-0.05, 0) is 31.4 Å². The molecule has 2 N–H and O–H groups in total. The molecule has 1 aliphatic rings. The average Bonchev–Trinajstić information content (AvgIpc) is 2.45. The van der Waals surface area contributed by atoms with Gasteiger partial charge in [0.25, 0.3) is 0 Å². The van der Waals surface area contributed by atoms with Gasteiger partial charge in [-0.3, -0.25) is 0 Å². The number of piperidine rings is 1. The molecule has 5 nitrogen and oxygen atoms in total. The molecule has 0 aliphatic carbocycles. The summed E-state index contributed by atoms with van der Waals surface area (Å²) < 4.78 is 26.8. The van der Waals surface area contributed by atoms with Gasteiger partial charge in [0, 0.05) is 19.6 Å². The van der Waals surface area contributed by atoms with Crippen molar-refractivity contribution in [1.29, 1.82) is 0 Å². The van der Waals surface area contributed by atoms with E-state index in [0.717, 1.165) is 13.0 Å². The third-order valence-electron chi connectivity index (χ3n) is 3.43. The first-order chi connectivity index (χ1) is 9.55. The predicted octanol–water partition coefficient (Wildman–Crippen LogP) is 1.65. The Morgan fingerprint density at radius 1 is 1.40 bits per heavy atom. The molecule has 1 heterocycles. The van der Waals surface area contributed by atoms with Crippen LogP contribution in [0.25, 0.3) is 0 Å². The minimum absolute atomic E-state index is 0.185. The SMILES string of the molecule is CCCNc1ccccc1S(=O)(=O)N1CCCC(O)C1. The molecule has 1 aromatic carbocycles. The maximum absolute atomic E-state index is 12.7. The summed E-state index contributed by atoms with van der Waals surface area (Å²) in [6.07, 6.45) is 1.73. The Kier molecular flexibility index (Phi) is 5.01. The van der Waals surface area contributed by atoms with Gasteiger partial charge in [0.2, 0.25) is 10.0 Å². The fourth-order valence-electron chi connectivity index (χ4n) is 2.38. The largest absolute Gasteiger partial charge is 0.392 e. The molecule has 1 aromatic rings. The highest BCUT2D eigenvalue weighted by molar-refractivity contribution is 7.89. The average molecular weight is 298 g/mol. The van der Waals surface area contributed by atoms with E-state index in [-0.39, 0.29) is 6.54 Å². The number of benzene rings is 1. The van der Waals surface area contributed by atoms with Crippen LogP contribution in [0.5, 0.6) is 0 Å². The molecule has 1 saturated heterocycles. The van der Waals surface area contributed by atoms with Gasteiger partial charge in [0.15, 0.2) is 0 Å². The normalized spacial score (nSPS) is 20.8. The second-order valence-corrected chi connectivity index (χ2v) is 6.99. The number of nitrogens with one attached hydrogen (secondary N) is 1. The van der Waals surface area contributed by atoms with Crippen molar-refractivity contribution in [3.8, 4) is 0 Å². The molecule has 0 spiro atoms. The van der Waals surface area contributed by atoms with Gasteiger partial charge >= 0.3 is 0 Å². The van der Waals surface area contributed by atoms with Crippen LogP contribution in [0.3, 0.4) is 0 Å². The van der Waals surface area contributed by atoms with Crippen LogP contribution in [0.2, 0.25) is 0 Å². The lowest BCUT2D eigenvalue weighted by molar-refractivity contribution is 0.108. The van der Waals surface area contributed by atoms with Crippen LogP contribution in [-0.2, 0) is 10.0 Å². The van der Waals surface area contributed by atoms with Gasteiger partial charge in [-0.25, -0.2) is 8.42 Å². The molecule has 112 valence electrons. The van der Waals surface area contributed by atoms with Gasteiger partial charge in [-0.15, -0.1) is 0 Å². The van der Waals surface area contributed by atoms with Crippen LogP contribution < -0.4 is 5.32 Å². The molecule has 1 atom stereocenters. The molecule has 0 aromatic heterocycles. The Hall–Kier alpha value is -1.11. The lowest BCUT2D eigenvalue weighted by Gasteiger charge is -2.29. The standard InChI is InChI=1S/C14H22N2O3S/c1-2-9-15-13-7-3-4-8-14(13)20(18,19)16-10-5-6-12(17)11-16/h3-4,7-8,12,15,17H,2,5-6,9-11H2,1H3. The van der Waals surface area contributed by atoms with E-state index in [1.165, 1.54) is 4.31 Å². The zero-order valence-corrected chi connectivity index (χ0v) is 12.6. The van der Waals surface area contributed by atoms with Crippen molar-refractivity contribution in [1.82, 2.24) is 4.31 Å². The quantitative estimate of drug-likeness (QED) is 0.867. The molecule has 6 heteroatoms. The number of hydrogen-bond acceptors (Lipinski definition) is 4. The van der Waals surface area contributed by atoms with E-state index in [2.05, 4.69) is 5.32 Å². The molecular weight excluding hydrogens is 276 g/mol. The van der Waals surface area contributed by atoms with Crippen LogP contribution in [-0.4, -0.2) is 43.6 Å². The highest BCUT2D eigenvalue weighted by Crippen LogP contribution is 2.26. The van der Waals surface area contributed by atoms with Crippen LogP contribution in [0.4, 0.5) is 5.69 Å². The number of nitrogens with zero attached hydrogens (tertiary/aromatic N) is 1. The first-order valence-corrected chi connectivity index (χ1v) is 8.51. The molecular formula is C14H22N2O3S. The van der Waals surface area contributed by atoms with Crippen molar-refractivity contribution in [3.05, 3.63) is 24.3 Å². The second kappa shape index (κ2) is 6.56. The summed E-state index contributed by atoms with van der Waals surface area (Å²) in [5, 5.41) is 12.8. The van der Waals surface area contributed by atoms with Crippen LogP contribution >= 0.6 is 0 Å². The van der Waals surface area contributed by atoms with E-state index in [1.807, 2.05) is 13.0 Å². The molecule has 2 rings (SSSR count). The number of aliphatic hydroxyl groups excluding tert-OH is 1. The zero-order valence-electron chi connectivity index (χ0n) is 11.7. The molecule has 1 unspecified atom stereocenters.